The minimum Gasteiger partial charge on any atom is -0.497 e. The minimum atomic E-state index is -4.69. The molecule has 150 valence electrons. The highest BCUT2D eigenvalue weighted by Crippen LogP contribution is 2.50. The largest absolute Gasteiger partial charge is 0.497 e. The molecule has 1 aromatic heterocycles. The monoisotopic (exact) mass is 404 g/mol. The third-order valence-electron chi connectivity index (χ3n) is 6.04. The van der Waals surface area contributed by atoms with Gasteiger partial charge >= 0.3 is 7.82 Å². The van der Waals surface area contributed by atoms with Gasteiger partial charge in [0.05, 0.1) is 12.6 Å². The molecule has 3 aliphatic heterocycles. The number of hydrogen-bond acceptors (Lipinski definition) is 5. The van der Waals surface area contributed by atoms with E-state index in [0.717, 1.165) is 42.4 Å². The number of nitrogens with zero attached hydrogens (tertiary/aromatic N) is 2. The van der Waals surface area contributed by atoms with Crippen molar-refractivity contribution in [3.8, 4) is 5.75 Å². The van der Waals surface area contributed by atoms with Crippen molar-refractivity contribution in [1.82, 2.24) is 9.88 Å². The van der Waals surface area contributed by atoms with Crippen molar-refractivity contribution in [2.45, 2.75) is 25.0 Å². The van der Waals surface area contributed by atoms with Crippen molar-refractivity contribution in [1.29, 1.82) is 0 Å². The van der Waals surface area contributed by atoms with Crippen LogP contribution in [0.3, 0.4) is 0 Å². The number of methoxy groups -OCH3 is 1. The standard InChI is InChI=1S/C20H25N2O5P/c1-3-13-12-22-9-7-14(13)10-19(22)20(27-28(23,24)25)16-6-8-21-18-5-4-15(26-2)11-17(16)18/h3-6,8,11,13-14,19-20H,1,7,9-10,12H2,2H3,(H2,23,24,25). The molecule has 0 saturated carbocycles. The quantitative estimate of drug-likeness (QED) is 0.564. The molecule has 3 fully saturated rings. The molecule has 0 spiro atoms. The van der Waals surface area contributed by atoms with Crippen LogP contribution in [0.4, 0.5) is 0 Å². The van der Waals surface area contributed by atoms with Gasteiger partial charge in [-0.3, -0.25) is 14.4 Å². The van der Waals surface area contributed by atoms with Gasteiger partial charge in [0.15, 0.2) is 0 Å². The highest BCUT2D eigenvalue weighted by molar-refractivity contribution is 7.46. The summed E-state index contributed by atoms with van der Waals surface area (Å²) in [5.41, 5.74) is 1.46. The van der Waals surface area contributed by atoms with Crippen LogP contribution in [0.1, 0.15) is 24.5 Å². The van der Waals surface area contributed by atoms with Crippen molar-refractivity contribution in [2.24, 2.45) is 11.8 Å². The van der Waals surface area contributed by atoms with Gasteiger partial charge in [0, 0.05) is 24.2 Å². The Labute approximate surface area is 164 Å². The highest BCUT2D eigenvalue weighted by Gasteiger charge is 2.45. The molecule has 5 unspecified atom stereocenters. The number of rotatable bonds is 6. The second-order valence-corrected chi connectivity index (χ2v) is 8.74. The fourth-order valence-corrected chi connectivity index (χ4v) is 5.25. The van der Waals surface area contributed by atoms with Crippen LogP contribution in [-0.4, -0.2) is 45.9 Å². The molecule has 2 aromatic rings. The molecule has 0 amide bonds. The Bertz CT molecular complexity index is 930. The summed E-state index contributed by atoms with van der Waals surface area (Å²) in [5.74, 6) is 1.53. The summed E-state index contributed by atoms with van der Waals surface area (Å²) >= 11 is 0. The Morgan fingerprint density at radius 1 is 1.39 bits per heavy atom. The lowest BCUT2D eigenvalue weighted by Gasteiger charge is -2.51. The van der Waals surface area contributed by atoms with Crippen LogP contribution in [0.5, 0.6) is 5.75 Å². The van der Waals surface area contributed by atoms with Crippen molar-refractivity contribution in [3.63, 3.8) is 0 Å². The van der Waals surface area contributed by atoms with Gasteiger partial charge in [0.1, 0.15) is 11.9 Å². The molecule has 4 heterocycles. The Kier molecular flexibility index (Phi) is 5.29. The lowest BCUT2D eigenvalue weighted by molar-refractivity contribution is -0.0430. The second-order valence-electron chi connectivity index (χ2n) is 7.55. The van der Waals surface area contributed by atoms with Crippen LogP contribution in [0.15, 0.2) is 43.1 Å². The lowest BCUT2D eigenvalue weighted by Crippen LogP contribution is -2.55. The summed E-state index contributed by atoms with van der Waals surface area (Å²) < 4.78 is 22.6. The number of hydrogen-bond donors (Lipinski definition) is 2. The van der Waals surface area contributed by atoms with E-state index in [4.69, 9.17) is 9.26 Å². The maximum Gasteiger partial charge on any atom is 0.470 e. The SMILES string of the molecule is C=CC1CN2CCC1CC2C(OP(=O)(O)O)c1ccnc2ccc(OC)cc12. The maximum atomic E-state index is 11.8. The lowest BCUT2D eigenvalue weighted by atomic mass is 9.73. The number of piperidine rings is 3. The molecule has 5 rings (SSSR count). The minimum absolute atomic E-state index is 0.112. The van der Waals surface area contributed by atoms with Crippen molar-refractivity contribution in [3.05, 3.63) is 48.7 Å². The first kappa shape index (κ1) is 19.6. The third kappa shape index (κ3) is 3.73. The molecule has 3 saturated heterocycles. The molecule has 28 heavy (non-hydrogen) atoms. The molecule has 5 atom stereocenters. The fourth-order valence-electron chi connectivity index (χ4n) is 4.70. The van der Waals surface area contributed by atoms with Crippen LogP contribution in [0, 0.1) is 11.8 Å². The van der Waals surface area contributed by atoms with Gasteiger partial charge in [-0.1, -0.05) is 6.08 Å². The average Bonchev–Trinajstić information content (AvgIpc) is 2.70. The zero-order valence-corrected chi connectivity index (χ0v) is 16.7. The van der Waals surface area contributed by atoms with Gasteiger partial charge in [-0.15, -0.1) is 6.58 Å². The van der Waals surface area contributed by atoms with Crippen LogP contribution in [0.25, 0.3) is 10.9 Å². The van der Waals surface area contributed by atoms with Crippen molar-refractivity contribution in [2.75, 3.05) is 20.2 Å². The second kappa shape index (κ2) is 7.58. The Balaban J connectivity index is 1.79. The van der Waals surface area contributed by atoms with E-state index in [1.54, 1.807) is 19.4 Å². The smallest absolute Gasteiger partial charge is 0.470 e. The molecule has 3 aliphatic rings. The van der Waals surface area contributed by atoms with Crippen molar-refractivity contribution < 1.29 is 23.6 Å². The molecule has 0 radical (unpaired) electrons. The van der Waals surface area contributed by atoms with Crippen molar-refractivity contribution >= 4 is 18.7 Å². The molecule has 1 aromatic carbocycles. The van der Waals surface area contributed by atoms with Gasteiger partial charge in [-0.2, -0.15) is 0 Å². The number of ether oxygens (including phenoxy) is 1. The normalized spacial score (nSPS) is 28.2. The first-order valence-corrected chi connectivity index (χ1v) is 11.0. The van der Waals surface area contributed by atoms with E-state index in [0.29, 0.717) is 17.6 Å². The van der Waals surface area contributed by atoms with E-state index in [2.05, 4.69) is 16.5 Å². The van der Waals surface area contributed by atoms with Gasteiger partial charge < -0.3 is 14.5 Å². The van der Waals surface area contributed by atoms with Crippen LogP contribution in [-0.2, 0) is 9.09 Å². The predicted octanol–water partition coefficient (Wildman–Crippen LogP) is 3.29. The van der Waals surface area contributed by atoms with Crippen LogP contribution in [0.2, 0.25) is 0 Å². The molecule has 0 aliphatic carbocycles. The summed E-state index contributed by atoms with van der Waals surface area (Å²) in [6.45, 7) is 5.68. The Morgan fingerprint density at radius 3 is 2.86 bits per heavy atom. The van der Waals surface area contributed by atoms with E-state index < -0.39 is 13.9 Å². The number of phosphoric ester groups is 1. The molecular weight excluding hydrogens is 379 g/mol. The van der Waals surface area contributed by atoms with E-state index in [1.807, 2.05) is 24.3 Å². The number of benzene rings is 1. The highest BCUT2D eigenvalue weighted by atomic mass is 31.2. The maximum absolute atomic E-state index is 11.8. The average molecular weight is 404 g/mol. The first-order chi connectivity index (χ1) is 13.4. The summed E-state index contributed by atoms with van der Waals surface area (Å²) in [6, 6.07) is 7.18. The predicted molar refractivity (Wildman–Crippen MR) is 106 cm³/mol. The molecule has 7 nitrogen and oxygen atoms in total. The van der Waals surface area contributed by atoms with Gasteiger partial charge in [0.2, 0.25) is 0 Å². The summed E-state index contributed by atoms with van der Waals surface area (Å²) in [4.78, 5) is 25.9. The zero-order valence-electron chi connectivity index (χ0n) is 15.8. The molecule has 2 N–H and O–H groups in total. The first-order valence-electron chi connectivity index (χ1n) is 9.43. The van der Waals surface area contributed by atoms with Crippen LogP contribution >= 0.6 is 7.82 Å². The van der Waals surface area contributed by atoms with E-state index >= 15 is 0 Å². The van der Waals surface area contributed by atoms with E-state index in [1.165, 1.54) is 0 Å². The van der Waals surface area contributed by atoms with Gasteiger partial charge in [-0.05, 0) is 61.1 Å². The zero-order chi connectivity index (χ0) is 19.9. The van der Waals surface area contributed by atoms with Gasteiger partial charge in [0.25, 0.3) is 0 Å². The Hall–Kier alpha value is -1.76. The summed E-state index contributed by atoms with van der Waals surface area (Å²) in [6.07, 6.45) is 4.78. The molecule has 2 bridgehead atoms. The third-order valence-corrected chi connectivity index (χ3v) is 6.55. The summed E-state index contributed by atoms with van der Waals surface area (Å²) in [7, 11) is -3.11. The molecule has 8 heteroatoms. The fraction of sp³-hybridized carbons (Fsp3) is 0.450. The van der Waals surface area contributed by atoms with E-state index in [-0.39, 0.29) is 6.04 Å². The number of phosphoric acid groups is 1. The van der Waals surface area contributed by atoms with Crippen LogP contribution < -0.4 is 4.74 Å². The number of aromatic nitrogens is 1. The van der Waals surface area contributed by atoms with Gasteiger partial charge in [-0.25, -0.2) is 4.57 Å². The summed E-state index contributed by atoms with van der Waals surface area (Å²) in [5, 5.41) is 0.781. The Morgan fingerprint density at radius 2 is 2.21 bits per heavy atom. The number of pyridine rings is 1. The molecular formula is C20H25N2O5P. The topological polar surface area (TPSA) is 92.1 Å². The van der Waals surface area contributed by atoms with E-state index in [9.17, 15) is 14.4 Å². The number of fused-ring (bicyclic) bond motifs is 4.